The van der Waals surface area contributed by atoms with Crippen LogP contribution in [0.3, 0.4) is 0 Å². The SMILES string of the molecule is N[C@@H](Cc1ccc(F)cc1)C(=O)N1CCn2c(nc(-c3ccc(F)cc3)c2Nc2ccc(Cl)cc2)C1.S. The van der Waals surface area contributed by atoms with Crippen LogP contribution in [0.2, 0.25) is 5.02 Å². The van der Waals surface area contributed by atoms with Crippen molar-refractivity contribution in [2.45, 2.75) is 25.6 Å². The summed E-state index contributed by atoms with van der Waals surface area (Å²) in [6, 6.07) is 18.7. The van der Waals surface area contributed by atoms with Gasteiger partial charge in [0.1, 0.15) is 29.0 Å². The van der Waals surface area contributed by atoms with Crippen LogP contribution in [-0.2, 0) is 24.3 Å². The zero-order valence-electron chi connectivity index (χ0n) is 19.8. The first kappa shape index (κ1) is 26.7. The number of nitrogens with zero attached hydrogens (tertiary/aromatic N) is 3. The molecule has 192 valence electrons. The largest absolute Gasteiger partial charge is 0.340 e. The fraction of sp³-hybridized carbons (Fsp3) is 0.185. The lowest BCUT2D eigenvalue weighted by molar-refractivity contribution is -0.134. The first-order valence-electron chi connectivity index (χ1n) is 11.5. The number of nitrogens with two attached hydrogens (primary N) is 1. The van der Waals surface area contributed by atoms with Crippen molar-refractivity contribution >= 4 is 42.5 Å². The van der Waals surface area contributed by atoms with Gasteiger partial charge in [0.15, 0.2) is 0 Å². The lowest BCUT2D eigenvalue weighted by atomic mass is 10.1. The first-order chi connectivity index (χ1) is 17.4. The minimum absolute atomic E-state index is 0. The number of hydrogen-bond acceptors (Lipinski definition) is 4. The molecule has 3 aromatic carbocycles. The van der Waals surface area contributed by atoms with Gasteiger partial charge in [-0.3, -0.25) is 4.79 Å². The van der Waals surface area contributed by atoms with Crippen LogP contribution in [0, 0.1) is 11.6 Å². The molecule has 0 radical (unpaired) electrons. The molecule has 3 N–H and O–H groups in total. The molecule has 2 heterocycles. The highest BCUT2D eigenvalue weighted by Gasteiger charge is 2.29. The van der Waals surface area contributed by atoms with E-state index in [9.17, 15) is 13.6 Å². The molecular weight excluding hydrogens is 516 g/mol. The number of benzene rings is 3. The monoisotopic (exact) mass is 541 g/mol. The van der Waals surface area contributed by atoms with E-state index < -0.39 is 6.04 Å². The van der Waals surface area contributed by atoms with Crippen LogP contribution in [0.25, 0.3) is 11.3 Å². The minimum atomic E-state index is -0.750. The van der Waals surface area contributed by atoms with Gasteiger partial charge in [-0.1, -0.05) is 23.7 Å². The maximum atomic E-state index is 13.6. The molecule has 1 aliphatic heterocycles. The number of carbonyl (C=O) groups is 1. The molecule has 0 spiro atoms. The molecule has 1 aromatic heterocycles. The van der Waals surface area contributed by atoms with E-state index in [4.69, 9.17) is 22.3 Å². The third-order valence-corrected chi connectivity index (χ3v) is 6.45. The Morgan fingerprint density at radius 2 is 1.59 bits per heavy atom. The standard InChI is InChI=1S/C27H24ClF2N5O.H2S/c28-19-5-11-22(12-6-19)32-26-25(18-3-9-21(30)10-4-18)33-24-16-34(13-14-35(24)26)27(36)23(31)15-17-1-7-20(29)8-2-17;/h1-12,23,32H,13-16,31H2;1H2/t23-;/m0./s1. The molecule has 1 atom stereocenters. The van der Waals surface area contributed by atoms with Gasteiger partial charge in [0.25, 0.3) is 0 Å². The Morgan fingerprint density at radius 1 is 0.973 bits per heavy atom. The third kappa shape index (κ3) is 5.95. The van der Waals surface area contributed by atoms with Crippen LogP contribution >= 0.6 is 25.1 Å². The number of halogens is 3. The summed E-state index contributed by atoms with van der Waals surface area (Å²) in [6.07, 6.45) is 0.314. The number of imidazole rings is 1. The number of aromatic nitrogens is 2. The average Bonchev–Trinajstić information content (AvgIpc) is 3.24. The van der Waals surface area contributed by atoms with E-state index in [0.717, 1.165) is 22.6 Å². The van der Waals surface area contributed by atoms with Crippen molar-refractivity contribution in [3.8, 4) is 11.3 Å². The van der Waals surface area contributed by atoms with Gasteiger partial charge in [-0.2, -0.15) is 13.5 Å². The summed E-state index contributed by atoms with van der Waals surface area (Å²) in [5, 5.41) is 4.04. The second-order valence-corrected chi connectivity index (χ2v) is 9.15. The van der Waals surface area contributed by atoms with Crippen LogP contribution in [0.5, 0.6) is 0 Å². The highest BCUT2D eigenvalue weighted by Crippen LogP contribution is 2.33. The summed E-state index contributed by atoms with van der Waals surface area (Å²) in [4.78, 5) is 19.6. The van der Waals surface area contributed by atoms with Gasteiger partial charge in [0.2, 0.25) is 5.91 Å². The Labute approximate surface area is 225 Å². The number of anilines is 2. The molecule has 0 saturated carbocycles. The molecule has 0 aliphatic carbocycles. The van der Waals surface area contributed by atoms with Crippen molar-refractivity contribution in [2.24, 2.45) is 5.73 Å². The maximum absolute atomic E-state index is 13.6. The number of fused-ring (bicyclic) bond motifs is 1. The van der Waals surface area contributed by atoms with Crippen LogP contribution in [-0.4, -0.2) is 32.9 Å². The Hall–Kier alpha value is -3.40. The second kappa shape index (κ2) is 11.3. The van der Waals surface area contributed by atoms with Crippen molar-refractivity contribution in [1.29, 1.82) is 0 Å². The summed E-state index contributed by atoms with van der Waals surface area (Å²) in [7, 11) is 0. The molecule has 1 amide bonds. The number of hydrogen-bond donors (Lipinski definition) is 2. The molecule has 6 nitrogen and oxygen atoms in total. The maximum Gasteiger partial charge on any atom is 0.240 e. The van der Waals surface area contributed by atoms with Crippen LogP contribution in [0.15, 0.2) is 72.8 Å². The first-order valence-corrected chi connectivity index (χ1v) is 11.9. The van der Waals surface area contributed by atoms with E-state index >= 15 is 0 Å². The number of rotatable bonds is 6. The van der Waals surface area contributed by atoms with Gasteiger partial charge in [-0.25, -0.2) is 13.8 Å². The minimum Gasteiger partial charge on any atom is -0.340 e. The lowest BCUT2D eigenvalue weighted by Crippen LogP contribution is -2.47. The van der Waals surface area contributed by atoms with E-state index in [1.807, 2.05) is 16.7 Å². The van der Waals surface area contributed by atoms with Crippen LogP contribution in [0.4, 0.5) is 20.3 Å². The summed E-state index contributed by atoms with van der Waals surface area (Å²) < 4.78 is 28.8. The lowest BCUT2D eigenvalue weighted by Gasteiger charge is -2.30. The number of amides is 1. The van der Waals surface area contributed by atoms with E-state index in [1.54, 1.807) is 41.3 Å². The predicted octanol–water partition coefficient (Wildman–Crippen LogP) is 5.25. The normalized spacial score (nSPS) is 13.5. The zero-order valence-corrected chi connectivity index (χ0v) is 21.6. The van der Waals surface area contributed by atoms with E-state index in [2.05, 4.69) is 5.32 Å². The average molecular weight is 542 g/mol. The number of nitrogens with one attached hydrogen (secondary N) is 1. The number of carbonyl (C=O) groups excluding carboxylic acids is 1. The Balaban J connectivity index is 0.00000320. The fourth-order valence-corrected chi connectivity index (χ4v) is 4.45. The van der Waals surface area contributed by atoms with E-state index in [1.165, 1.54) is 24.3 Å². The van der Waals surface area contributed by atoms with Crippen LogP contribution < -0.4 is 11.1 Å². The smallest absolute Gasteiger partial charge is 0.240 e. The molecule has 0 saturated heterocycles. The van der Waals surface area contributed by atoms with Crippen molar-refractivity contribution in [3.05, 3.63) is 101 Å². The Morgan fingerprint density at radius 3 is 2.24 bits per heavy atom. The topological polar surface area (TPSA) is 76.2 Å². The molecule has 37 heavy (non-hydrogen) atoms. The molecule has 0 bridgehead atoms. The van der Waals surface area contributed by atoms with Gasteiger partial charge >= 0.3 is 0 Å². The molecule has 10 heteroatoms. The highest BCUT2D eigenvalue weighted by molar-refractivity contribution is 7.59. The zero-order chi connectivity index (χ0) is 25.2. The summed E-state index contributed by atoms with van der Waals surface area (Å²) in [6.45, 7) is 1.25. The fourth-order valence-electron chi connectivity index (χ4n) is 4.32. The molecular formula is C27H26ClF2N5OS. The summed E-state index contributed by atoms with van der Waals surface area (Å²) in [5.41, 5.74) is 9.25. The Bertz CT molecular complexity index is 1380. The summed E-state index contributed by atoms with van der Waals surface area (Å²) in [5.74, 6) is 0.591. The summed E-state index contributed by atoms with van der Waals surface area (Å²) >= 11 is 6.03. The Kier molecular flexibility index (Phi) is 8.16. The molecule has 0 unspecified atom stereocenters. The van der Waals surface area contributed by atoms with Gasteiger partial charge in [-0.15, -0.1) is 0 Å². The molecule has 5 rings (SSSR count). The van der Waals surface area contributed by atoms with Gasteiger partial charge < -0.3 is 20.5 Å². The van der Waals surface area contributed by atoms with Crippen molar-refractivity contribution < 1.29 is 13.6 Å². The highest BCUT2D eigenvalue weighted by atomic mass is 35.5. The molecule has 1 aliphatic rings. The van der Waals surface area contributed by atoms with Crippen molar-refractivity contribution in [3.63, 3.8) is 0 Å². The van der Waals surface area contributed by atoms with Gasteiger partial charge in [0, 0.05) is 29.4 Å². The molecule has 0 fully saturated rings. The second-order valence-electron chi connectivity index (χ2n) is 8.71. The van der Waals surface area contributed by atoms with E-state index in [0.29, 0.717) is 36.1 Å². The van der Waals surface area contributed by atoms with Crippen LogP contribution in [0.1, 0.15) is 11.4 Å². The quantitative estimate of drug-likeness (QED) is 0.349. The molecule has 4 aromatic rings. The van der Waals surface area contributed by atoms with E-state index in [-0.39, 0.29) is 37.6 Å². The van der Waals surface area contributed by atoms with Gasteiger partial charge in [0.05, 0.1) is 12.6 Å². The van der Waals surface area contributed by atoms with Crippen molar-refractivity contribution in [1.82, 2.24) is 14.5 Å². The van der Waals surface area contributed by atoms with Gasteiger partial charge in [-0.05, 0) is 72.6 Å². The third-order valence-electron chi connectivity index (χ3n) is 6.19. The van der Waals surface area contributed by atoms with Crippen molar-refractivity contribution in [2.75, 3.05) is 11.9 Å². The predicted molar refractivity (Wildman–Crippen MR) is 146 cm³/mol.